The van der Waals surface area contributed by atoms with Crippen molar-refractivity contribution in [2.24, 2.45) is 17.6 Å². The van der Waals surface area contributed by atoms with Gasteiger partial charge in [-0.3, -0.25) is 0 Å². The van der Waals surface area contributed by atoms with E-state index in [4.69, 9.17) is 5.73 Å². The highest BCUT2D eigenvalue weighted by Gasteiger charge is 2.28. The zero-order valence-electron chi connectivity index (χ0n) is 5.01. The van der Waals surface area contributed by atoms with Gasteiger partial charge in [0.25, 0.3) is 0 Å². The standard InChI is InChI=1S/C6H13NS/c7-3-6(4-8)5-1-2-5/h5-6,8H,1-4,7H2. The van der Waals surface area contributed by atoms with Crippen LogP contribution in [0.4, 0.5) is 0 Å². The van der Waals surface area contributed by atoms with Crippen molar-refractivity contribution in [1.29, 1.82) is 0 Å². The zero-order valence-corrected chi connectivity index (χ0v) is 5.90. The fourth-order valence-corrected chi connectivity index (χ4v) is 1.43. The van der Waals surface area contributed by atoms with Crippen LogP contribution in [0.25, 0.3) is 0 Å². The normalized spacial score (nSPS) is 23.2. The van der Waals surface area contributed by atoms with Crippen LogP contribution in [0, 0.1) is 11.8 Å². The lowest BCUT2D eigenvalue weighted by Gasteiger charge is -2.07. The molecule has 0 spiro atoms. The Morgan fingerprint density at radius 3 is 2.38 bits per heavy atom. The van der Waals surface area contributed by atoms with Crippen LogP contribution in [-0.4, -0.2) is 12.3 Å². The maximum absolute atomic E-state index is 5.48. The molecule has 2 heteroatoms. The summed E-state index contributed by atoms with van der Waals surface area (Å²) in [6, 6.07) is 0. The molecule has 0 bridgehead atoms. The first kappa shape index (κ1) is 6.43. The van der Waals surface area contributed by atoms with Gasteiger partial charge < -0.3 is 5.73 Å². The number of hydrogen-bond acceptors (Lipinski definition) is 2. The largest absolute Gasteiger partial charge is 0.330 e. The van der Waals surface area contributed by atoms with Crippen LogP contribution in [-0.2, 0) is 0 Å². The molecule has 0 amide bonds. The lowest BCUT2D eigenvalue weighted by molar-refractivity contribution is 0.532. The Morgan fingerprint density at radius 2 is 2.25 bits per heavy atom. The third kappa shape index (κ3) is 1.39. The predicted molar refractivity (Wildman–Crippen MR) is 39.1 cm³/mol. The van der Waals surface area contributed by atoms with E-state index in [0.29, 0.717) is 5.92 Å². The Bertz CT molecular complexity index is 66.9. The molecule has 1 saturated carbocycles. The first-order valence-corrected chi connectivity index (χ1v) is 3.82. The summed E-state index contributed by atoms with van der Waals surface area (Å²) in [5.41, 5.74) is 5.48. The van der Waals surface area contributed by atoms with Gasteiger partial charge in [-0.1, -0.05) is 0 Å². The van der Waals surface area contributed by atoms with Crippen molar-refractivity contribution in [3.8, 4) is 0 Å². The topological polar surface area (TPSA) is 26.0 Å². The molecule has 0 saturated heterocycles. The molecule has 0 aromatic rings. The molecule has 1 rings (SSSR count). The van der Waals surface area contributed by atoms with Crippen molar-refractivity contribution in [2.75, 3.05) is 12.3 Å². The van der Waals surface area contributed by atoms with E-state index >= 15 is 0 Å². The van der Waals surface area contributed by atoms with Gasteiger partial charge in [-0.2, -0.15) is 12.6 Å². The third-order valence-electron chi connectivity index (χ3n) is 1.83. The van der Waals surface area contributed by atoms with E-state index in [1.165, 1.54) is 12.8 Å². The SMILES string of the molecule is NCC(CS)C1CC1. The van der Waals surface area contributed by atoms with Crippen molar-refractivity contribution in [1.82, 2.24) is 0 Å². The summed E-state index contributed by atoms with van der Waals surface area (Å²) in [7, 11) is 0. The van der Waals surface area contributed by atoms with Gasteiger partial charge in [0.05, 0.1) is 0 Å². The maximum Gasteiger partial charge on any atom is -0.00384 e. The summed E-state index contributed by atoms with van der Waals surface area (Å²) in [4.78, 5) is 0. The second-order valence-corrected chi connectivity index (χ2v) is 2.88. The highest BCUT2D eigenvalue weighted by atomic mass is 32.1. The Balaban J connectivity index is 2.15. The molecule has 1 aliphatic rings. The highest BCUT2D eigenvalue weighted by molar-refractivity contribution is 7.80. The fourth-order valence-electron chi connectivity index (χ4n) is 0.984. The number of rotatable bonds is 3. The van der Waals surface area contributed by atoms with Crippen molar-refractivity contribution < 1.29 is 0 Å². The zero-order chi connectivity index (χ0) is 5.98. The molecular formula is C6H13NS. The van der Waals surface area contributed by atoms with Gasteiger partial charge >= 0.3 is 0 Å². The first-order valence-electron chi connectivity index (χ1n) is 3.19. The average molecular weight is 131 g/mol. The lowest BCUT2D eigenvalue weighted by Crippen LogP contribution is -2.17. The van der Waals surface area contributed by atoms with Gasteiger partial charge in [-0.15, -0.1) is 0 Å². The van der Waals surface area contributed by atoms with Gasteiger partial charge in [0.15, 0.2) is 0 Å². The maximum atomic E-state index is 5.48. The molecule has 2 N–H and O–H groups in total. The molecule has 1 aliphatic carbocycles. The molecule has 48 valence electrons. The van der Waals surface area contributed by atoms with Crippen LogP contribution in [0.15, 0.2) is 0 Å². The van der Waals surface area contributed by atoms with E-state index in [1.807, 2.05) is 0 Å². The Hall–Kier alpha value is 0.310. The molecule has 0 aliphatic heterocycles. The summed E-state index contributed by atoms with van der Waals surface area (Å²) >= 11 is 4.20. The van der Waals surface area contributed by atoms with Gasteiger partial charge in [-0.25, -0.2) is 0 Å². The molecular weight excluding hydrogens is 118 g/mol. The minimum Gasteiger partial charge on any atom is -0.330 e. The summed E-state index contributed by atoms with van der Waals surface area (Å²) in [6.07, 6.45) is 2.78. The summed E-state index contributed by atoms with van der Waals surface area (Å²) in [5, 5.41) is 0. The van der Waals surface area contributed by atoms with Gasteiger partial charge in [0, 0.05) is 0 Å². The van der Waals surface area contributed by atoms with Crippen molar-refractivity contribution >= 4 is 12.6 Å². The second kappa shape index (κ2) is 2.74. The van der Waals surface area contributed by atoms with E-state index < -0.39 is 0 Å². The average Bonchev–Trinajstić information content (AvgIpc) is 2.53. The molecule has 0 heterocycles. The van der Waals surface area contributed by atoms with Crippen LogP contribution in [0.2, 0.25) is 0 Å². The minimum atomic E-state index is 0.707. The van der Waals surface area contributed by atoms with Crippen molar-refractivity contribution in [2.45, 2.75) is 12.8 Å². The van der Waals surface area contributed by atoms with Gasteiger partial charge in [0.2, 0.25) is 0 Å². The van der Waals surface area contributed by atoms with Crippen LogP contribution < -0.4 is 5.73 Å². The molecule has 0 radical (unpaired) electrons. The molecule has 0 aromatic carbocycles. The molecule has 1 fully saturated rings. The Morgan fingerprint density at radius 1 is 1.62 bits per heavy atom. The molecule has 1 nitrogen and oxygen atoms in total. The number of thiol groups is 1. The molecule has 0 aromatic heterocycles. The lowest BCUT2D eigenvalue weighted by atomic mass is 10.1. The fraction of sp³-hybridized carbons (Fsp3) is 1.00. The summed E-state index contributed by atoms with van der Waals surface area (Å²) < 4.78 is 0. The minimum absolute atomic E-state index is 0.707. The first-order chi connectivity index (χ1) is 3.88. The van der Waals surface area contributed by atoms with Crippen LogP contribution in [0.3, 0.4) is 0 Å². The Kier molecular flexibility index (Phi) is 2.20. The van der Waals surface area contributed by atoms with Crippen LogP contribution in [0.5, 0.6) is 0 Å². The monoisotopic (exact) mass is 131 g/mol. The third-order valence-corrected chi connectivity index (χ3v) is 2.29. The number of nitrogens with two attached hydrogens (primary N) is 1. The van der Waals surface area contributed by atoms with E-state index in [0.717, 1.165) is 18.2 Å². The van der Waals surface area contributed by atoms with Crippen molar-refractivity contribution in [3.63, 3.8) is 0 Å². The highest BCUT2D eigenvalue weighted by Crippen LogP contribution is 2.36. The summed E-state index contributed by atoms with van der Waals surface area (Å²) in [5.74, 6) is 2.61. The van der Waals surface area contributed by atoms with Crippen LogP contribution in [0.1, 0.15) is 12.8 Å². The van der Waals surface area contributed by atoms with E-state index in [9.17, 15) is 0 Å². The smallest absolute Gasteiger partial charge is 0.00384 e. The quantitative estimate of drug-likeness (QED) is 0.547. The van der Waals surface area contributed by atoms with E-state index in [-0.39, 0.29) is 0 Å². The van der Waals surface area contributed by atoms with E-state index in [1.54, 1.807) is 0 Å². The molecule has 1 unspecified atom stereocenters. The number of hydrogen-bond donors (Lipinski definition) is 2. The second-order valence-electron chi connectivity index (χ2n) is 2.52. The predicted octanol–water partition coefficient (Wildman–Crippen LogP) is 0.901. The molecule has 8 heavy (non-hydrogen) atoms. The van der Waals surface area contributed by atoms with E-state index in [2.05, 4.69) is 12.6 Å². The van der Waals surface area contributed by atoms with Gasteiger partial charge in [0.1, 0.15) is 0 Å². The van der Waals surface area contributed by atoms with Crippen LogP contribution >= 0.6 is 12.6 Å². The Labute approximate surface area is 56.1 Å². The van der Waals surface area contributed by atoms with Gasteiger partial charge in [-0.05, 0) is 37.0 Å². The summed E-state index contributed by atoms with van der Waals surface area (Å²) in [6.45, 7) is 0.828. The molecule has 1 atom stereocenters. The van der Waals surface area contributed by atoms with Crippen molar-refractivity contribution in [3.05, 3.63) is 0 Å².